The summed E-state index contributed by atoms with van der Waals surface area (Å²) in [5.74, 6) is 0.892. The molecule has 0 aliphatic carbocycles. The first-order chi connectivity index (χ1) is 11.2. The Hall–Kier alpha value is -1.66. The second-order valence-electron chi connectivity index (χ2n) is 6.00. The van der Waals surface area contributed by atoms with Crippen LogP contribution in [0.5, 0.6) is 0 Å². The van der Waals surface area contributed by atoms with Gasteiger partial charge in [-0.25, -0.2) is 4.98 Å². The minimum absolute atomic E-state index is 0.677. The van der Waals surface area contributed by atoms with Gasteiger partial charge in [0.15, 0.2) is 0 Å². The molecule has 6 heteroatoms. The van der Waals surface area contributed by atoms with Crippen LogP contribution >= 0.6 is 11.5 Å². The largest absolute Gasteiger partial charge is 0.384 e. The molecule has 0 radical (unpaired) electrons. The van der Waals surface area contributed by atoms with Crippen molar-refractivity contribution in [1.29, 1.82) is 0 Å². The summed E-state index contributed by atoms with van der Waals surface area (Å²) in [6.45, 7) is 9.05. The normalized spacial score (nSPS) is 15.3. The lowest BCUT2D eigenvalue weighted by Crippen LogP contribution is -2.46. The van der Waals surface area contributed by atoms with Crippen LogP contribution in [-0.4, -0.2) is 49.3 Å². The Morgan fingerprint density at radius 1 is 1.13 bits per heavy atom. The molecule has 0 bridgehead atoms. The van der Waals surface area contributed by atoms with Crippen molar-refractivity contribution in [2.45, 2.75) is 20.3 Å². The van der Waals surface area contributed by atoms with Crippen LogP contribution in [0, 0.1) is 13.8 Å². The van der Waals surface area contributed by atoms with Crippen molar-refractivity contribution < 1.29 is 4.74 Å². The van der Waals surface area contributed by atoms with Crippen LogP contribution in [0.3, 0.4) is 0 Å². The summed E-state index contributed by atoms with van der Waals surface area (Å²) >= 11 is 1.50. The topological polar surface area (TPSA) is 41.5 Å². The Kier molecular flexibility index (Phi) is 5.13. The van der Waals surface area contributed by atoms with E-state index in [-0.39, 0.29) is 0 Å². The molecule has 124 valence electrons. The van der Waals surface area contributed by atoms with Gasteiger partial charge in [0, 0.05) is 56.9 Å². The minimum Gasteiger partial charge on any atom is -0.384 e. The number of aromatic nitrogens is 2. The third kappa shape index (κ3) is 3.82. The van der Waals surface area contributed by atoms with E-state index in [1.54, 1.807) is 7.11 Å². The van der Waals surface area contributed by atoms with E-state index >= 15 is 0 Å². The summed E-state index contributed by atoms with van der Waals surface area (Å²) in [4.78, 5) is 9.44. The van der Waals surface area contributed by atoms with E-state index in [2.05, 4.69) is 51.2 Å². The third-order valence-corrected chi connectivity index (χ3v) is 5.05. The summed E-state index contributed by atoms with van der Waals surface area (Å²) in [5.41, 5.74) is 4.03. The highest BCUT2D eigenvalue weighted by atomic mass is 32.1. The van der Waals surface area contributed by atoms with Gasteiger partial charge in [-0.3, -0.25) is 0 Å². The summed E-state index contributed by atoms with van der Waals surface area (Å²) in [7, 11) is 1.71. The zero-order chi connectivity index (χ0) is 16.2. The van der Waals surface area contributed by atoms with E-state index in [0.29, 0.717) is 6.61 Å². The average molecular weight is 332 g/mol. The van der Waals surface area contributed by atoms with E-state index in [4.69, 9.17) is 4.74 Å². The molecule has 0 N–H and O–H groups in total. The molecule has 3 rings (SSSR count). The van der Waals surface area contributed by atoms with Crippen molar-refractivity contribution in [3.05, 3.63) is 35.2 Å². The highest BCUT2D eigenvalue weighted by Crippen LogP contribution is 2.25. The Bertz CT molecular complexity index is 650. The van der Waals surface area contributed by atoms with Crippen molar-refractivity contribution in [3.8, 4) is 0 Å². The molecule has 0 saturated carbocycles. The number of ether oxygens (including phenoxy) is 1. The first-order valence-corrected chi connectivity index (χ1v) is 8.83. The van der Waals surface area contributed by atoms with Crippen LogP contribution in [0.1, 0.15) is 17.0 Å². The summed E-state index contributed by atoms with van der Waals surface area (Å²) in [5, 5.41) is 1.04. The number of nitrogens with zero attached hydrogens (tertiary/aromatic N) is 4. The molecule has 1 aliphatic rings. The molecule has 1 aromatic carbocycles. The molecule has 2 aromatic rings. The predicted octanol–water partition coefficient (Wildman–Crippen LogP) is 2.67. The molecule has 2 heterocycles. The summed E-state index contributed by atoms with van der Waals surface area (Å²) < 4.78 is 9.51. The van der Waals surface area contributed by atoms with Gasteiger partial charge in [0.2, 0.25) is 5.13 Å². The Balaban J connectivity index is 1.60. The lowest BCUT2D eigenvalue weighted by molar-refractivity contribution is 0.201. The van der Waals surface area contributed by atoms with Gasteiger partial charge in [-0.1, -0.05) is 17.7 Å². The quantitative estimate of drug-likeness (QED) is 0.842. The number of rotatable bonds is 5. The molecule has 1 aliphatic heterocycles. The second kappa shape index (κ2) is 7.27. The molecule has 0 amide bonds. The van der Waals surface area contributed by atoms with Gasteiger partial charge >= 0.3 is 0 Å². The Morgan fingerprint density at radius 3 is 2.57 bits per heavy atom. The first kappa shape index (κ1) is 16.2. The fourth-order valence-corrected chi connectivity index (χ4v) is 3.73. The number of piperazine rings is 1. The van der Waals surface area contributed by atoms with Crippen LogP contribution < -0.4 is 9.80 Å². The maximum absolute atomic E-state index is 5.09. The van der Waals surface area contributed by atoms with E-state index in [9.17, 15) is 0 Å². The van der Waals surface area contributed by atoms with Crippen molar-refractivity contribution in [2.24, 2.45) is 0 Å². The smallest absolute Gasteiger partial charge is 0.205 e. The molecule has 0 spiro atoms. The van der Waals surface area contributed by atoms with Crippen LogP contribution in [0.2, 0.25) is 0 Å². The second-order valence-corrected chi connectivity index (χ2v) is 6.73. The predicted molar refractivity (Wildman–Crippen MR) is 95.8 cm³/mol. The van der Waals surface area contributed by atoms with E-state index in [0.717, 1.165) is 43.6 Å². The highest BCUT2D eigenvalue weighted by Gasteiger charge is 2.21. The van der Waals surface area contributed by atoms with Gasteiger partial charge in [0.25, 0.3) is 0 Å². The molecule has 1 fully saturated rings. The van der Waals surface area contributed by atoms with Crippen LogP contribution in [-0.2, 0) is 11.2 Å². The lowest BCUT2D eigenvalue weighted by atomic mass is 10.1. The van der Waals surface area contributed by atoms with Crippen molar-refractivity contribution in [1.82, 2.24) is 9.36 Å². The fourth-order valence-electron chi connectivity index (χ4n) is 2.97. The van der Waals surface area contributed by atoms with Gasteiger partial charge in [0.1, 0.15) is 5.82 Å². The zero-order valence-corrected chi connectivity index (χ0v) is 14.9. The van der Waals surface area contributed by atoms with Gasteiger partial charge in [-0.15, -0.1) is 0 Å². The third-order valence-electron chi connectivity index (χ3n) is 4.23. The van der Waals surface area contributed by atoms with Crippen molar-refractivity contribution in [3.63, 3.8) is 0 Å². The number of hydrogen-bond acceptors (Lipinski definition) is 6. The Labute approximate surface area is 142 Å². The SMILES string of the molecule is COCCc1nsc(N2CCN(c3ccc(C)cc3C)CC2)n1. The van der Waals surface area contributed by atoms with Crippen molar-refractivity contribution in [2.75, 3.05) is 49.7 Å². The minimum atomic E-state index is 0.677. The fraction of sp³-hybridized carbons (Fsp3) is 0.529. The number of methoxy groups -OCH3 is 1. The summed E-state index contributed by atoms with van der Waals surface area (Å²) in [6, 6.07) is 6.70. The van der Waals surface area contributed by atoms with E-state index < -0.39 is 0 Å². The first-order valence-electron chi connectivity index (χ1n) is 8.06. The maximum Gasteiger partial charge on any atom is 0.205 e. The molecular weight excluding hydrogens is 308 g/mol. The van der Waals surface area contributed by atoms with Crippen LogP contribution in [0.25, 0.3) is 0 Å². The van der Waals surface area contributed by atoms with Gasteiger partial charge in [-0.05, 0) is 25.5 Å². The molecule has 1 saturated heterocycles. The number of aryl methyl sites for hydroxylation is 2. The molecule has 5 nitrogen and oxygen atoms in total. The monoisotopic (exact) mass is 332 g/mol. The summed E-state index contributed by atoms with van der Waals surface area (Å²) in [6.07, 6.45) is 0.787. The van der Waals surface area contributed by atoms with Gasteiger partial charge in [-0.2, -0.15) is 4.37 Å². The lowest BCUT2D eigenvalue weighted by Gasteiger charge is -2.36. The Morgan fingerprint density at radius 2 is 1.87 bits per heavy atom. The molecule has 1 aromatic heterocycles. The average Bonchev–Trinajstić information content (AvgIpc) is 3.02. The van der Waals surface area contributed by atoms with Crippen LogP contribution in [0.4, 0.5) is 10.8 Å². The number of benzene rings is 1. The zero-order valence-electron chi connectivity index (χ0n) is 14.1. The molecule has 23 heavy (non-hydrogen) atoms. The molecule has 0 atom stereocenters. The van der Waals surface area contributed by atoms with Gasteiger partial charge in [0.05, 0.1) is 6.61 Å². The number of anilines is 2. The standard InChI is InChI=1S/C17H24N4OS/c1-13-4-5-15(14(2)12-13)20-7-9-21(10-8-20)17-18-16(19-23-17)6-11-22-3/h4-5,12H,6-11H2,1-3H3. The van der Waals surface area contributed by atoms with Gasteiger partial charge < -0.3 is 14.5 Å². The number of hydrogen-bond donors (Lipinski definition) is 0. The van der Waals surface area contributed by atoms with E-state index in [1.165, 1.54) is 28.3 Å². The molecule has 0 unspecified atom stereocenters. The maximum atomic E-state index is 5.09. The van der Waals surface area contributed by atoms with E-state index in [1.807, 2.05) is 0 Å². The van der Waals surface area contributed by atoms with Crippen LogP contribution in [0.15, 0.2) is 18.2 Å². The highest BCUT2D eigenvalue weighted by molar-refractivity contribution is 7.09. The molecular formula is C17H24N4OS. The van der Waals surface area contributed by atoms with Crippen molar-refractivity contribution >= 4 is 22.4 Å².